The van der Waals surface area contributed by atoms with Crippen molar-refractivity contribution in [1.82, 2.24) is 5.32 Å². The standard InChI is InChI=1S/C13H14N2O6/c1-21-10-8(3-2-4-9(10)15(19)20)11(16)14-7-13(5-6-13)12(17)18/h2-4H,5-7H2,1H3,(H,14,16)(H,17,18). The number of nitro groups is 1. The van der Waals surface area contributed by atoms with Crippen molar-refractivity contribution in [2.24, 2.45) is 5.41 Å². The number of nitrogens with zero attached hydrogens (tertiary/aromatic N) is 1. The predicted octanol–water partition coefficient (Wildman–Crippen LogP) is 1.20. The highest BCUT2D eigenvalue weighted by Gasteiger charge is 2.50. The first kappa shape index (κ1) is 14.8. The number of carboxylic acids is 1. The summed E-state index contributed by atoms with van der Waals surface area (Å²) in [4.78, 5) is 33.4. The summed E-state index contributed by atoms with van der Waals surface area (Å²) in [6.07, 6.45) is 1.02. The second-order valence-corrected chi connectivity index (χ2v) is 4.88. The summed E-state index contributed by atoms with van der Waals surface area (Å²) in [6.45, 7) is -0.00693. The van der Waals surface area contributed by atoms with E-state index in [0.717, 1.165) is 0 Å². The zero-order valence-electron chi connectivity index (χ0n) is 11.3. The van der Waals surface area contributed by atoms with Crippen molar-refractivity contribution < 1.29 is 24.4 Å². The summed E-state index contributed by atoms with van der Waals surface area (Å²) in [5.41, 5.74) is -1.21. The van der Waals surface area contributed by atoms with Crippen molar-refractivity contribution in [3.05, 3.63) is 33.9 Å². The lowest BCUT2D eigenvalue weighted by Crippen LogP contribution is -2.34. The molecule has 8 heteroatoms. The quantitative estimate of drug-likeness (QED) is 0.601. The Morgan fingerprint density at radius 3 is 2.62 bits per heavy atom. The third-order valence-corrected chi connectivity index (χ3v) is 3.53. The Balaban J connectivity index is 2.18. The normalized spacial score (nSPS) is 15.1. The highest BCUT2D eigenvalue weighted by atomic mass is 16.6. The second-order valence-electron chi connectivity index (χ2n) is 4.88. The van der Waals surface area contributed by atoms with Crippen LogP contribution in [0.25, 0.3) is 0 Å². The maximum absolute atomic E-state index is 12.1. The monoisotopic (exact) mass is 294 g/mol. The smallest absolute Gasteiger partial charge is 0.311 e. The SMILES string of the molecule is COc1c(C(=O)NCC2(C(=O)O)CC2)cccc1[N+](=O)[O-]. The number of hydrogen-bond acceptors (Lipinski definition) is 5. The Morgan fingerprint density at radius 2 is 2.14 bits per heavy atom. The molecule has 0 saturated heterocycles. The third kappa shape index (κ3) is 2.78. The minimum Gasteiger partial charge on any atom is -0.490 e. The second kappa shape index (κ2) is 5.39. The minimum absolute atomic E-state index is 0.00693. The Hall–Kier alpha value is -2.64. The molecule has 1 fully saturated rings. The highest BCUT2D eigenvalue weighted by molar-refractivity contribution is 5.98. The third-order valence-electron chi connectivity index (χ3n) is 3.53. The van der Waals surface area contributed by atoms with Crippen LogP contribution in [-0.2, 0) is 4.79 Å². The number of rotatable bonds is 6. The number of nitro benzene ring substituents is 1. The fourth-order valence-corrected chi connectivity index (χ4v) is 2.02. The fourth-order valence-electron chi connectivity index (χ4n) is 2.02. The molecule has 0 radical (unpaired) electrons. The van der Waals surface area contributed by atoms with Crippen LogP contribution >= 0.6 is 0 Å². The van der Waals surface area contributed by atoms with Crippen LogP contribution in [0, 0.1) is 15.5 Å². The zero-order valence-corrected chi connectivity index (χ0v) is 11.3. The number of aliphatic carboxylic acids is 1. The van der Waals surface area contributed by atoms with Crippen LogP contribution < -0.4 is 10.1 Å². The van der Waals surface area contributed by atoms with Gasteiger partial charge in [0.1, 0.15) is 0 Å². The molecule has 1 aliphatic carbocycles. The van der Waals surface area contributed by atoms with Gasteiger partial charge in [0, 0.05) is 12.6 Å². The van der Waals surface area contributed by atoms with Gasteiger partial charge in [0.15, 0.2) is 0 Å². The highest BCUT2D eigenvalue weighted by Crippen LogP contribution is 2.45. The molecule has 2 rings (SSSR count). The maximum Gasteiger partial charge on any atom is 0.311 e. The number of para-hydroxylation sites is 1. The summed E-state index contributed by atoms with van der Waals surface area (Å²) in [7, 11) is 1.23. The lowest BCUT2D eigenvalue weighted by atomic mass is 10.1. The van der Waals surface area contributed by atoms with E-state index in [1.807, 2.05) is 0 Å². The van der Waals surface area contributed by atoms with E-state index in [0.29, 0.717) is 12.8 Å². The van der Waals surface area contributed by atoms with Gasteiger partial charge in [-0.1, -0.05) is 6.07 Å². The van der Waals surface area contributed by atoms with Crippen LogP contribution in [-0.4, -0.2) is 35.6 Å². The largest absolute Gasteiger partial charge is 0.490 e. The van der Waals surface area contributed by atoms with E-state index in [4.69, 9.17) is 9.84 Å². The first-order chi connectivity index (χ1) is 9.91. The molecule has 8 nitrogen and oxygen atoms in total. The number of carboxylic acid groups (broad SMARTS) is 1. The van der Waals surface area contributed by atoms with Crippen molar-refractivity contribution in [3.63, 3.8) is 0 Å². The average molecular weight is 294 g/mol. The van der Waals surface area contributed by atoms with Crippen molar-refractivity contribution in [2.75, 3.05) is 13.7 Å². The summed E-state index contributed by atoms with van der Waals surface area (Å²) in [5, 5.41) is 22.4. The molecule has 0 atom stereocenters. The topological polar surface area (TPSA) is 119 Å². The van der Waals surface area contributed by atoms with Crippen molar-refractivity contribution >= 4 is 17.6 Å². The number of nitrogens with one attached hydrogen (secondary N) is 1. The van der Waals surface area contributed by atoms with Crippen molar-refractivity contribution in [1.29, 1.82) is 0 Å². The molecule has 21 heavy (non-hydrogen) atoms. The molecule has 1 aromatic carbocycles. The van der Waals surface area contributed by atoms with Gasteiger partial charge in [0.05, 0.1) is 23.0 Å². The number of amides is 1. The number of carbonyl (C=O) groups is 2. The Kier molecular flexibility index (Phi) is 3.79. The molecule has 0 unspecified atom stereocenters. The number of methoxy groups -OCH3 is 1. The van der Waals surface area contributed by atoms with Gasteiger partial charge in [0.2, 0.25) is 5.75 Å². The van der Waals surface area contributed by atoms with Crippen molar-refractivity contribution in [3.8, 4) is 5.75 Å². The van der Waals surface area contributed by atoms with Gasteiger partial charge in [-0.15, -0.1) is 0 Å². The Morgan fingerprint density at radius 1 is 1.48 bits per heavy atom. The van der Waals surface area contributed by atoms with Gasteiger partial charge in [-0.2, -0.15) is 0 Å². The summed E-state index contributed by atoms with van der Waals surface area (Å²) < 4.78 is 4.94. The molecule has 0 spiro atoms. The number of hydrogen-bond donors (Lipinski definition) is 2. The van der Waals surface area contributed by atoms with Crippen LogP contribution in [0.5, 0.6) is 5.75 Å². The summed E-state index contributed by atoms with van der Waals surface area (Å²) >= 11 is 0. The molecule has 0 bridgehead atoms. The molecule has 112 valence electrons. The minimum atomic E-state index is -0.950. The fraction of sp³-hybridized carbons (Fsp3) is 0.385. The van der Waals surface area contributed by atoms with Crippen LogP contribution in [0.1, 0.15) is 23.2 Å². The van der Waals surface area contributed by atoms with Gasteiger partial charge >= 0.3 is 11.7 Å². The van der Waals surface area contributed by atoms with Crippen molar-refractivity contribution in [2.45, 2.75) is 12.8 Å². The molecule has 1 aliphatic rings. The molecule has 1 amide bonds. The number of ether oxygens (including phenoxy) is 1. The van der Waals surface area contributed by atoms with Gasteiger partial charge in [-0.25, -0.2) is 0 Å². The molecule has 0 aliphatic heterocycles. The van der Waals surface area contributed by atoms with Crippen LogP contribution in [0.3, 0.4) is 0 Å². The van der Waals surface area contributed by atoms with E-state index < -0.39 is 22.2 Å². The van der Waals surface area contributed by atoms with Gasteiger partial charge in [-0.3, -0.25) is 19.7 Å². The van der Waals surface area contributed by atoms with Crippen LogP contribution in [0.15, 0.2) is 18.2 Å². The van der Waals surface area contributed by atoms with Gasteiger partial charge in [0.25, 0.3) is 5.91 Å². The molecule has 1 aromatic rings. The Labute approximate surface area is 119 Å². The maximum atomic E-state index is 12.1. The van der Waals surface area contributed by atoms with E-state index in [2.05, 4.69) is 5.32 Å². The van der Waals surface area contributed by atoms with E-state index in [1.54, 1.807) is 0 Å². The summed E-state index contributed by atoms with van der Waals surface area (Å²) in [6, 6.07) is 4.00. The van der Waals surface area contributed by atoms with Gasteiger partial charge in [-0.05, 0) is 18.9 Å². The lowest BCUT2D eigenvalue weighted by Gasteiger charge is -2.12. The molecule has 0 aromatic heterocycles. The van der Waals surface area contributed by atoms with Crippen LogP contribution in [0.4, 0.5) is 5.69 Å². The van der Waals surface area contributed by atoms with Crippen LogP contribution in [0.2, 0.25) is 0 Å². The Bertz CT molecular complexity index is 609. The predicted molar refractivity (Wildman–Crippen MR) is 71.3 cm³/mol. The molecule has 2 N–H and O–H groups in total. The number of benzene rings is 1. The molecule has 1 saturated carbocycles. The van der Waals surface area contributed by atoms with E-state index >= 15 is 0 Å². The summed E-state index contributed by atoms with van der Waals surface area (Å²) in [5.74, 6) is -1.68. The molecule has 0 heterocycles. The molecular weight excluding hydrogens is 280 g/mol. The first-order valence-corrected chi connectivity index (χ1v) is 6.24. The number of carbonyl (C=O) groups excluding carboxylic acids is 1. The van der Waals surface area contributed by atoms with E-state index in [9.17, 15) is 19.7 Å². The lowest BCUT2D eigenvalue weighted by molar-refractivity contribution is -0.385. The van der Waals surface area contributed by atoms with E-state index in [1.165, 1.54) is 25.3 Å². The molecular formula is C13H14N2O6. The van der Waals surface area contributed by atoms with Gasteiger partial charge < -0.3 is 15.2 Å². The first-order valence-electron chi connectivity index (χ1n) is 6.24. The zero-order chi connectivity index (χ0) is 15.6. The average Bonchev–Trinajstić information content (AvgIpc) is 3.25. The van der Waals surface area contributed by atoms with E-state index in [-0.39, 0.29) is 23.5 Å².